The van der Waals surface area contributed by atoms with E-state index in [1.54, 1.807) is 24.5 Å². The van der Waals surface area contributed by atoms with Crippen molar-refractivity contribution in [2.45, 2.75) is 12.1 Å². The topological polar surface area (TPSA) is 59.8 Å². The van der Waals surface area contributed by atoms with Crippen LogP contribution in [0.5, 0.6) is 0 Å². The molecular weight excluding hydrogens is 509 g/mol. The molecule has 0 aliphatic heterocycles. The highest BCUT2D eigenvalue weighted by Gasteiger charge is 2.20. The minimum Gasteiger partial charge on any atom is -0.356 e. The average Bonchev–Trinajstić information content (AvgIpc) is 2.90. The maximum atomic E-state index is 14.8. The van der Waals surface area contributed by atoms with Crippen molar-refractivity contribution < 1.29 is 13.2 Å². The van der Waals surface area contributed by atoms with Crippen molar-refractivity contribution in [2.75, 3.05) is 11.6 Å². The van der Waals surface area contributed by atoms with Gasteiger partial charge in [0.05, 0.1) is 5.69 Å². The van der Waals surface area contributed by atoms with Crippen LogP contribution in [0.15, 0.2) is 89.3 Å². The van der Waals surface area contributed by atoms with Crippen LogP contribution in [0.25, 0.3) is 33.7 Å². The maximum Gasteiger partial charge on any atom is 0.256 e. The molecule has 0 saturated carbocycles. The fraction of sp³-hybridized carbons (Fsp3) is 0.0690. The number of benzene rings is 3. The number of aryl methyl sites for hydroxylation is 1. The van der Waals surface area contributed by atoms with Gasteiger partial charge in [-0.1, -0.05) is 36.5 Å². The fourth-order valence-corrected chi connectivity index (χ4v) is 4.52. The van der Waals surface area contributed by atoms with E-state index in [4.69, 9.17) is 4.98 Å². The molecule has 0 saturated heterocycles. The molecule has 0 fully saturated rings. The molecule has 0 aliphatic carbocycles. The molecule has 0 unspecified atom stereocenters. The van der Waals surface area contributed by atoms with Gasteiger partial charge < -0.3 is 5.32 Å². The first-order valence-corrected chi connectivity index (χ1v) is 12.7. The van der Waals surface area contributed by atoms with Gasteiger partial charge in [0, 0.05) is 28.4 Å². The van der Waals surface area contributed by atoms with E-state index in [1.165, 1.54) is 36.0 Å². The van der Waals surface area contributed by atoms with E-state index in [-0.39, 0.29) is 11.5 Å². The van der Waals surface area contributed by atoms with Gasteiger partial charge in [-0.15, -0.1) is 0 Å². The molecule has 0 radical (unpaired) electrons. The molecule has 1 N–H and O–H groups in total. The second kappa shape index (κ2) is 10.2. The lowest BCUT2D eigenvalue weighted by Crippen LogP contribution is -2.21. The van der Waals surface area contributed by atoms with E-state index in [0.29, 0.717) is 27.6 Å². The van der Waals surface area contributed by atoms with Crippen LogP contribution in [0.1, 0.15) is 11.1 Å². The van der Waals surface area contributed by atoms with E-state index >= 15 is 0 Å². The number of para-hydroxylation sites is 1. The van der Waals surface area contributed by atoms with E-state index in [9.17, 15) is 18.0 Å². The summed E-state index contributed by atoms with van der Waals surface area (Å²) in [6, 6.07) is 17.8. The highest BCUT2D eigenvalue weighted by atomic mass is 32.2. The van der Waals surface area contributed by atoms with Crippen LogP contribution < -0.4 is 10.9 Å². The Morgan fingerprint density at radius 1 is 0.947 bits per heavy atom. The van der Waals surface area contributed by atoms with E-state index < -0.39 is 22.9 Å². The summed E-state index contributed by atoms with van der Waals surface area (Å²) in [5, 5.41) is 3.94. The third-order valence-electron chi connectivity index (χ3n) is 6.05. The largest absolute Gasteiger partial charge is 0.356 e. The Hall–Kier alpha value is -4.37. The van der Waals surface area contributed by atoms with Crippen LogP contribution in [0, 0.1) is 24.4 Å². The predicted molar refractivity (Wildman–Crippen MR) is 146 cm³/mol. The summed E-state index contributed by atoms with van der Waals surface area (Å²) in [5.74, 6) is -2.11. The van der Waals surface area contributed by atoms with Crippen molar-refractivity contribution in [2.24, 2.45) is 0 Å². The normalized spacial score (nSPS) is 11.1. The third kappa shape index (κ3) is 4.68. The molecule has 2 aromatic heterocycles. The second-order valence-electron chi connectivity index (χ2n) is 8.51. The van der Waals surface area contributed by atoms with Crippen LogP contribution in [-0.2, 0) is 0 Å². The first-order chi connectivity index (χ1) is 18.3. The smallest absolute Gasteiger partial charge is 0.256 e. The predicted octanol–water partition coefficient (Wildman–Crippen LogP) is 6.98. The SMILES string of the molecule is C=C(Nc1ccc(F)cc1)c1ccc(C)c(-c2nc(SC)nc3c2ccc(=O)n3-c2c(F)cccc2F)c1. The van der Waals surface area contributed by atoms with Gasteiger partial charge in [-0.2, -0.15) is 0 Å². The summed E-state index contributed by atoms with van der Waals surface area (Å²) >= 11 is 1.24. The molecule has 5 aromatic rings. The summed E-state index contributed by atoms with van der Waals surface area (Å²) in [7, 11) is 0. The molecule has 3 aromatic carbocycles. The van der Waals surface area contributed by atoms with Gasteiger partial charge in [0.2, 0.25) is 0 Å². The van der Waals surface area contributed by atoms with E-state index in [2.05, 4.69) is 16.9 Å². The van der Waals surface area contributed by atoms with Crippen molar-refractivity contribution in [1.29, 1.82) is 0 Å². The second-order valence-corrected chi connectivity index (χ2v) is 9.29. The first kappa shape index (κ1) is 25.3. The summed E-state index contributed by atoms with van der Waals surface area (Å²) in [5.41, 5.74) is 3.07. The highest BCUT2D eigenvalue weighted by Crippen LogP contribution is 2.33. The Morgan fingerprint density at radius 3 is 2.34 bits per heavy atom. The molecule has 5 nitrogen and oxygen atoms in total. The molecule has 9 heteroatoms. The maximum absolute atomic E-state index is 14.8. The van der Waals surface area contributed by atoms with Gasteiger partial charge in [0.1, 0.15) is 23.1 Å². The van der Waals surface area contributed by atoms with E-state index in [0.717, 1.165) is 33.4 Å². The number of nitrogens with zero attached hydrogens (tertiary/aromatic N) is 3. The van der Waals surface area contributed by atoms with Crippen LogP contribution in [-0.4, -0.2) is 20.8 Å². The molecule has 190 valence electrons. The lowest BCUT2D eigenvalue weighted by Gasteiger charge is -2.16. The van der Waals surface area contributed by atoms with E-state index in [1.807, 2.05) is 25.1 Å². The molecule has 5 rings (SSSR count). The minimum atomic E-state index is -0.883. The summed E-state index contributed by atoms with van der Waals surface area (Å²) in [4.78, 5) is 22.1. The number of hydrogen-bond acceptors (Lipinski definition) is 5. The summed E-state index contributed by atoms with van der Waals surface area (Å²) < 4.78 is 43.8. The van der Waals surface area contributed by atoms with Gasteiger partial charge in [-0.05, 0) is 72.8 Å². The van der Waals surface area contributed by atoms with Crippen molar-refractivity contribution in [3.63, 3.8) is 0 Å². The lowest BCUT2D eigenvalue weighted by atomic mass is 9.98. The van der Waals surface area contributed by atoms with Crippen LogP contribution >= 0.6 is 11.8 Å². The average molecular weight is 531 g/mol. The lowest BCUT2D eigenvalue weighted by molar-refractivity contribution is 0.568. The van der Waals surface area contributed by atoms with Crippen molar-refractivity contribution in [3.05, 3.63) is 118 Å². The molecule has 0 atom stereocenters. The Labute approximate surface area is 220 Å². The molecule has 2 heterocycles. The Bertz CT molecular complexity index is 1750. The standard InChI is InChI=1S/C29H21F3N4OS/c1-16-7-8-18(17(2)33-20-11-9-19(30)10-12-20)15-22(16)26-21-13-14-25(37)36(28(21)35-29(34-26)38-3)27-23(31)5-4-6-24(27)32/h4-15,33H,2H2,1,3H3. The zero-order chi connectivity index (χ0) is 27.0. The minimum absolute atomic E-state index is 0.0870. The Balaban J connectivity index is 1.70. The summed E-state index contributed by atoms with van der Waals surface area (Å²) in [6.07, 6.45) is 1.78. The molecular formula is C29H21F3N4OS. The van der Waals surface area contributed by atoms with Crippen LogP contribution in [0.3, 0.4) is 0 Å². The number of nitrogens with one attached hydrogen (secondary N) is 1. The number of halogens is 3. The number of pyridine rings is 1. The summed E-state index contributed by atoms with van der Waals surface area (Å²) in [6.45, 7) is 6.03. The third-order valence-corrected chi connectivity index (χ3v) is 6.60. The monoisotopic (exact) mass is 530 g/mol. The van der Waals surface area contributed by atoms with Gasteiger partial charge >= 0.3 is 0 Å². The van der Waals surface area contributed by atoms with Crippen molar-refractivity contribution >= 4 is 34.2 Å². The van der Waals surface area contributed by atoms with Gasteiger partial charge in [0.15, 0.2) is 10.8 Å². The van der Waals surface area contributed by atoms with Crippen LogP contribution in [0.2, 0.25) is 0 Å². The van der Waals surface area contributed by atoms with Gasteiger partial charge in [0.25, 0.3) is 5.56 Å². The number of rotatable bonds is 6. The first-order valence-electron chi connectivity index (χ1n) is 11.5. The number of anilines is 1. The number of aromatic nitrogens is 3. The number of hydrogen-bond donors (Lipinski definition) is 1. The number of fused-ring (bicyclic) bond motifs is 1. The van der Waals surface area contributed by atoms with Crippen molar-refractivity contribution in [3.8, 4) is 16.9 Å². The fourth-order valence-electron chi connectivity index (χ4n) is 4.15. The molecule has 38 heavy (non-hydrogen) atoms. The molecule has 0 spiro atoms. The quantitative estimate of drug-likeness (QED) is 0.190. The molecule has 0 aliphatic rings. The molecule has 0 bridgehead atoms. The highest BCUT2D eigenvalue weighted by molar-refractivity contribution is 7.98. The van der Waals surface area contributed by atoms with Crippen molar-refractivity contribution in [1.82, 2.24) is 14.5 Å². The zero-order valence-corrected chi connectivity index (χ0v) is 21.2. The Kier molecular flexibility index (Phi) is 6.77. The van der Waals surface area contributed by atoms with Gasteiger partial charge in [-0.3, -0.25) is 9.36 Å². The number of thioether (sulfide) groups is 1. The van der Waals surface area contributed by atoms with Gasteiger partial charge in [-0.25, -0.2) is 23.1 Å². The Morgan fingerprint density at radius 2 is 1.66 bits per heavy atom. The van der Waals surface area contributed by atoms with Crippen LogP contribution in [0.4, 0.5) is 18.9 Å². The molecule has 0 amide bonds. The zero-order valence-electron chi connectivity index (χ0n) is 20.4.